The molecule has 0 spiro atoms. The molecule has 0 fully saturated rings. The summed E-state index contributed by atoms with van der Waals surface area (Å²) in [6.45, 7) is 0. The van der Waals surface area contributed by atoms with Gasteiger partial charge in [0.15, 0.2) is 0 Å². The molecule has 0 atom stereocenters. The van der Waals surface area contributed by atoms with Crippen molar-refractivity contribution < 1.29 is 3.85 Å². The summed E-state index contributed by atoms with van der Waals surface area (Å²) in [4.78, 5) is 0. The summed E-state index contributed by atoms with van der Waals surface area (Å²) in [6, 6.07) is 0. The van der Waals surface area contributed by atoms with Gasteiger partial charge in [-0.05, 0) is 0 Å². The van der Waals surface area contributed by atoms with Gasteiger partial charge < -0.3 is 3.85 Å². The van der Waals surface area contributed by atoms with Crippen molar-refractivity contribution in [1.29, 1.82) is 0 Å². The van der Waals surface area contributed by atoms with Gasteiger partial charge in [0, 0.05) is 11.6 Å². The Labute approximate surface area is 28.1 Å². The van der Waals surface area contributed by atoms with Crippen LogP contribution in [0.15, 0.2) is 15.5 Å². The predicted octanol–water partition coefficient (Wildman–Crippen LogP) is 1.34. The van der Waals surface area contributed by atoms with E-state index in [0.29, 0.717) is 0 Å². The van der Waals surface area contributed by atoms with Gasteiger partial charge in [0.1, 0.15) is 6.26 Å². The molecule has 0 N–H and O–H groups in total. The fourth-order valence-corrected chi connectivity index (χ4v) is 0.167. The van der Waals surface area contributed by atoms with Crippen LogP contribution in [0.2, 0.25) is 0 Å². The van der Waals surface area contributed by atoms with Gasteiger partial charge in [-0.1, -0.05) is 0 Å². The highest BCUT2D eigenvalue weighted by Crippen LogP contribution is 1.93. The lowest BCUT2D eigenvalue weighted by molar-refractivity contribution is 0.666. The van der Waals surface area contributed by atoms with Crippen molar-refractivity contribution in [2.75, 3.05) is 0 Å². The molecular formula is C2H2OS. The summed E-state index contributed by atoms with van der Waals surface area (Å²) in [5.41, 5.74) is 0. The molecule has 0 saturated carbocycles. The molecule has 1 aromatic rings. The van der Waals surface area contributed by atoms with Crippen LogP contribution in [0.4, 0.5) is 0 Å². The maximum absolute atomic E-state index is 4.46. The minimum absolute atomic E-state index is 1.36. The van der Waals surface area contributed by atoms with Crippen molar-refractivity contribution in [3.63, 3.8) is 0 Å². The van der Waals surface area contributed by atoms with Gasteiger partial charge in [-0.25, -0.2) is 0 Å². The third-order valence-electron chi connectivity index (χ3n) is 0.222. The minimum Gasteiger partial charge on any atom is -0.409 e. The summed E-state index contributed by atoms with van der Waals surface area (Å²) in [5.74, 6) is 0. The van der Waals surface area contributed by atoms with E-state index in [4.69, 9.17) is 0 Å². The third kappa shape index (κ3) is 0.0719. The maximum atomic E-state index is 4.46. The predicted molar refractivity (Wildman–Crippen MR) is 16.6 cm³/mol. The lowest BCUT2D eigenvalue weighted by Crippen LogP contribution is -1.38. The molecule has 0 unspecified atom stereocenters. The molecule has 0 aliphatic rings. The number of hydrogen-bond acceptors (Lipinski definition) is 2. The Bertz CT molecular complexity index is 47.8. The highest BCUT2D eigenvalue weighted by Gasteiger charge is 1.61. The zero-order chi connectivity index (χ0) is 2.83. The van der Waals surface area contributed by atoms with Crippen LogP contribution in [0.1, 0.15) is 0 Å². The van der Waals surface area contributed by atoms with Crippen molar-refractivity contribution in [3.8, 4) is 0 Å². The van der Waals surface area contributed by atoms with E-state index in [1.807, 2.05) is 5.38 Å². The molecular weight excluding hydrogens is 73.1 g/mol. The van der Waals surface area contributed by atoms with Crippen LogP contribution in [0.3, 0.4) is 0 Å². The van der Waals surface area contributed by atoms with Gasteiger partial charge in [0.2, 0.25) is 0 Å². The van der Waals surface area contributed by atoms with Crippen molar-refractivity contribution in [2.24, 2.45) is 0 Å². The second-order valence-electron chi connectivity index (χ2n) is 0.465. The number of rotatable bonds is 0. The van der Waals surface area contributed by atoms with Crippen LogP contribution in [0.5, 0.6) is 0 Å². The van der Waals surface area contributed by atoms with Crippen LogP contribution in [-0.4, -0.2) is 0 Å². The monoisotopic (exact) mass is 75.0 g/mol. The van der Waals surface area contributed by atoms with Crippen LogP contribution in [0.25, 0.3) is 0 Å². The summed E-state index contributed by atoms with van der Waals surface area (Å²) in [5, 5.41) is 1.88. The molecule has 22 valence electrons. The van der Waals surface area contributed by atoms with Crippen molar-refractivity contribution in [1.82, 2.24) is 0 Å². The fourth-order valence-electron chi connectivity index (χ4n) is 0.0556. The first kappa shape index (κ1) is 2.03. The molecule has 1 nitrogen and oxygen atoms in total. The lowest BCUT2D eigenvalue weighted by atomic mass is 11.5. The Morgan fingerprint density at radius 3 is 2.00 bits per heavy atom. The second-order valence-corrected chi connectivity index (χ2v) is 1.12. The molecule has 0 aliphatic carbocycles. The van der Waals surface area contributed by atoms with Crippen molar-refractivity contribution in [3.05, 3.63) is 11.6 Å². The Balaban J connectivity index is 3.00. The summed E-state index contributed by atoms with van der Waals surface area (Å²) in [6.07, 6.45) is 1.64. The Morgan fingerprint density at radius 2 is 2.00 bits per heavy atom. The van der Waals surface area contributed by atoms with E-state index in [1.54, 1.807) is 6.26 Å². The minimum atomic E-state index is 1.36. The van der Waals surface area contributed by atoms with E-state index in [9.17, 15) is 0 Å². The van der Waals surface area contributed by atoms with E-state index >= 15 is 0 Å². The first-order valence-corrected chi connectivity index (χ1v) is 1.78. The van der Waals surface area contributed by atoms with Gasteiger partial charge in [0.05, 0.1) is 5.38 Å². The van der Waals surface area contributed by atoms with E-state index in [-0.39, 0.29) is 0 Å². The molecule has 0 amide bonds. The number of hydrogen-bond donors (Lipinski definition) is 0. The van der Waals surface area contributed by atoms with Crippen LogP contribution in [0, 0.1) is 0 Å². The molecule has 1 aromatic heterocycles. The van der Waals surface area contributed by atoms with E-state index in [1.165, 1.54) is 11.6 Å². The molecule has 0 bridgehead atoms. The highest BCUT2D eigenvalue weighted by atomic mass is 32.1. The van der Waals surface area contributed by atoms with Crippen LogP contribution < -0.4 is 0 Å². The normalized spacial score (nSPS) is 8.00. The molecule has 2 heteroatoms. The van der Waals surface area contributed by atoms with E-state index in [2.05, 4.69) is 3.85 Å². The molecule has 0 radical (unpaired) electrons. The Kier molecular flexibility index (Phi) is 0.306. The molecule has 4 heavy (non-hydrogen) atoms. The summed E-state index contributed by atoms with van der Waals surface area (Å²) < 4.78 is 4.46. The van der Waals surface area contributed by atoms with Crippen LogP contribution in [-0.2, 0) is 0 Å². The van der Waals surface area contributed by atoms with Crippen molar-refractivity contribution >= 4 is 11.6 Å². The van der Waals surface area contributed by atoms with Gasteiger partial charge in [-0.3, -0.25) is 0 Å². The standard InChI is InChI=1S/C2H2OS/c1-2-4-3-1/h1-2H/i1+1. The lowest BCUT2D eigenvalue weighted by Gasteiger charge is -1.70. The summed E-state index contributed by atoms with van der Waals surface area (Å²) >= 11 is 1.36. The quantitative estimate of drug-likeness (QED) is 0.453. The van der Waals surface area contributed by atoms with Gasteiger partial charge >= 0.3 is 0 Å². The van der Waals surface area contributed by atoms with E-state index < -0.39 is 0 Å². The zero-order valence-corrected chi connectivity index (χ0v) is 2.79. The average Bonchev–Trinajstić information content (AvgIpc) is 0.722. The SMILES string of the molecule is c1[13cH]os1. The fraction of sp³-hybridized carbons (Fsp3) is 0. The Morgan fingerprint density at radius 1 is 1.75 bits per heavy atom. The van der Waals surface area contributed by atoms with E-state index in [0.717, 1.165) is 0 Å². The first-order chi connectivity index (χ1) is 2.00. The van der Waals surface area contributed by atoms with Gasteiger partial charge in [0.25, 0.3) is 0 Å². The largest absolute Gasteiger partial charge is 0.409 e. The molecule has 0 aliphatic heterocycles. The second kappa shape index (κ2) is 0.605. The van der Waals surface area contributed by atoms with Gasteiger partial charge in [-0.15, -0.1) is 0 Å². The molecule has 1 heterocycles. The highest BCUT2D eigenvalue weighted by molar-refractivity contribution is 7.01. The topological polar surface area (TPSA) is 13.1 Å². The average molecular weight is 75.1 g/mol. The molecule has 0 aromatic carbocycles. The molecule has 0 saturated heterocycles. The maximum Gasteiger partial charge on any atom is 0.120 e. The van der Waals surface area contributed by atoms with Crippen LogP contribution >= 0.6 is 11.6 Å². The Hall–Kier alpha value is -0.240. The third-order valence-corrected chi connectivity index (χ3v) is 0.667. The summed E-state index contributed by atoms with van der Waals surface area (Å²) in [7, 11) is 0. The molecule has 1 rings (SSSR count). The smallest absolute Gasteiger partial charge is 0.120 e. The van der Waals surface area contributed by atoms with Gasteiger partial charge in [-0.2, -0.15) is 0 Å². The zero-order valence-electron chi connectivity index (χ0n) is 1.97. The first-order valence-electron chi connectivity index (χ1n) is 0.971. The van der Waals surface area contributed by atoms with Crippen molar-refractivity contribution in [2.45, 2.75) is 0 Å².